The Morgan fingerprint density at radius 1 is 1.47 bits per heavy atom. The van der Waals surface area contributed by atoms with Crippen LogP contribution in [0, 0.1) is 11.2 Å². The van der Waals surface area contributed by atoms with Crippen molar-refractivity contribution in [1.82, 2.24) is 5.32 Å². The summed E-state index contributed by atoms with van der Waals surface area (Å²) in [5, 5.41) is 2.81. The minimum absolute atomic E-state index is 0.0461. The first kappa shape index (κ1) is 13.5. The highest BCUT2D eigenvalue weighted by molar-refractivity contribution is 5.99. The summed E-state index contributed by atoms with van der Waals surface area (Å²) in [6, 6.07) is 3.79. The molecule has 0 aliphatic carbocycles. The first-order valence-corrected chi connectivity index (χ1v) is 5.69. The van der Waals surface area contributed by atoms with Crippen molar-refractivity contribution in [3.63, 3.8) is 0 Å². The number of carbonyl (C=O) groups is 1. The highest BCUT2D eigenvalue weighted by Crippen LogP contribution is 2.19. The standard InChI is InChI=1S/C13H19FN2O/c1-4-13(2,3)8-16-12(17)10-6-5-9(14)7-11(10)15/h5-7H,4,8,15H2,1-3H3,(H,16,17). The Labute approximate surface area is 101 Å². The van der Waals surface area contributed by atoms with E-state index in [1.54, 1.807) is 0 Å². The van der Waals surface area contributed by atoms with Gasteiger partial charge in [-0.3, -0.25) is 4.79 Å². The fourth-order valence-electron chi connectivity index (χ4n) is 1.28. The summed E-state index contributed by atoms with van der Waals surface area (Å²) in [5.41, 5.74) is 6.12. The molecule has 1 amide bonds. The van der Waals surface area contributed by atoms with Crippen molar-refractivity contribution < 1.29 is 9.18 Å². The minimum atomic E-state index is -0.437. The van der Waals surface area contributed by atoms with Crippen LogP contribution in [0.4, 0.5) is 10.1 Å². The second kappa shape index (κ2) is 5.17. The lowest BCUT2D eigenvalue weighted by Crippen LogP contribution is -2.33. The summed E-state index contributed by atoms with van der Waals surface area (Å²) >= 11 is 0. The molecular weight excluding hydrogens is 219 g/mol. The van der Waals surface area contributed by atoms with E-state index in [9.17, 15) is 9.18 Å². The van der Waals surface area contributed by atoms with Crippen LogP contribution in [-0.2, 0) is 0 Å². The van der Waals surface area contributed by atoms with E-state index in [0.29, 0.717) is 12.1 Å². The van der Waals surface area contributed by atoms with Gasteiger partial charge in [-0.1, -0.05) is 20.8 Å². The van der Waals surface area contributed by atoms with Crippen molar-refractivity contribution in [1.29, 1.82) is 0 Å². The molecule has 17 heavy (non-hydrogen) atoms. The molecule has 94 valence electrons. The van der Waals surface area contributed by atoms with Gasteiger partial charge in [0, 0.05) is 12.2 Å². The second-order valence-corrected chi connectivity index (χ2v) is 4.93. The first-order chi connectivity index (χ1) is 7.85. The fourth-order valence-corrected chi connectivity index (χ4v) is 1.28. The molecule has 3 nitrogen and oxygen atoms in total. The molecule has 0 atom stereocenters. The van der Waals surface area contributed by atoms with E-state index in [4.69, 9.17) is 5.73 Å². The van der Waals surface area contributed by atoms with Gasteiger partial charge in [-0.15, -0.1) is 0 Å². The number of carbonyl (C=O) groups excluding carboxylic acids is 1. The van der Waals surface area contributed by atoms with Gasteiger partial charge in [0.25, 0.3) is 5.91 Å². The molecule has 0 fully saturated rings. The minimum Gasteiger partial charge on any atom is -0.398 e. The van der Waals surface area contributed by atoms with Crippen molar-refractivity contribution in [3.05, 3.63) is 29.6 Å². The summed E-state index contributed by atoms with van der Waals surface area (Å²) in [7, 11) is 0. The molecule has 0 saturated carbocycles. The number of anilines is 1. The number of nitrogens with two attached hydrogens (primary N) is 1. The lowest BCUT2D eigenvalue weighted by atomic mass is 9.90. The van der Waals surface area contributed by atoms with E-state index in [1.807, 2.05) is 0 Å². The molecular formula is C13H19FN2O. The molecule has 0 aliphatic heterocycles. The molecule has 1 rings (SSSR count). The van der Waals surface area contributed by atoms with Gasteiger partial charge in [0.15, 0.2) is 0 Å². The highest BCUT2D eigenvalue weighted by atomic mass is 19.1. The van der Waals surface area contributed by atoms with Crippen LogP contribution < -0.4 is 11.1 Å². The quantitative estimate of drug-likeness (QED) is 0.792. The van der Waals surface area contributed by atoms with Gasteiger partial charge in [0.2, 0.25) is 0 Å². The lowest BCUT2D eigenvalue weighted by molar-refractivity contribution is 0.0936. The number of amides is 1. The van der Waals surface area contributed by atoms with Crippen LogP contribution in [0.15, 0.2) is 18.2 Å². The van der Waals surface area contributed by atoms with Crippen LogP contribution in [0.1, 0.15) is 37.6 Å². The average molecular weight is 238 g/mol. The number of halogens is 1. The van der Waals surface area contributed by atoms with Crippen LogP contribution in [-0.4, -0.2) is 12.5 Å². The number of hydrogen-bond donors (Lipinski definition) is 2. The van der Waals surface area contributed by atoms with E-state index in [-0.39, 0.29) is 17.0 Å². The number of hydrogen-bond acceptors (Lipinski definition) is 2. The van der Waals surface area contributed by atoms with Gasteiger partial charge >= 0.3 is 0 Å². The van der Waals surface area contributed by atoms with Gasteiger partial charge in [0.1, 0.15) is 5.82 Å². The van der Waals surface area contributed by atoms with Crippen LogP contribution in [0.3, 0.4) is 0 Å². The molecule has 0 aromatic heterocycles. The maximum absolute atomic E-state index is 12.8. The maximum atomic E-state index is 12.8. The van der Waals surface area contributed by atoms with E-state index in [0.717, 1.165) is 12.5 Å². The molecule has 0 spiro atoms. The Kier molecular flexibility index (Phi) is 4.10. The van der Waals surface area contributed by atoms with E-state index >= 15 is 0 Å². The Morgan fingerprint density at radius 3 is 2.65 bits per heavy atom. The third-order valence-corrected chi connectivity index (χ3v) is 2.94. The van der Waals surface area contributed by atoms with Crippen molar-refractivity contribution in [3.8, 4) is 0 Å². The Hall–Kier alpha value is -1.58. The smallest absolute Gasteiger partial charge is 0.253 e. The zero-order chi connectivity index (χ0) is 13.1. The van der Waals surface area contributed by atoms with E-state index in [1.165, 1.54) is 12.1 Å². The van der Waals surface area contributed by atoms with Gasteiger partial charge in [-0.2, -0.15) is 0 Å². The Morgan fingerprint density at radius 2 is 2.12 bits per heavy atom. The van der Waals surface area contributed by atoms with Gasteiger partial charge in [0.05, 0.1) is 5.56 Å². The highest BCUT2D eigenvalue weighted by Gasteiger charge is 2.17. The molecule has 4 heteroatoms. The first-order valence-electron chi connectivity index (χ1n) is 5.69. The zero-order valence-corrected chi connectivity index (χ0v) is 10.5. The fraction of sp³-hybridized carbons (Fsp3) is 0.462. The topological polar surface area (TPSA) is 55.1 Å². The molecule has 0 saturated heterocycles. The molecule has 0 heterocycles. The molecule has 0 radical (unpaired) electrons. The van der Waals surface area contributed by atoms with Crippen molar-refractivity contribution in [2.75, 3.05) is 12.3 Å². The summed E-state index contributed by atoms with van der Waals surface area (Å²) in [5.74, 6) is -0.697. The summed E-state index contributed by atoms with van der Waals surface area (Å²) in [4.78, 5) is 11.8. The van der Waals surface area contributed by atoms with Crippen molar-refractivity contribution in [2.45, 2.75) is 27.2 Å². The van der Waals surface area contributed by atoms with Gasteiger partial charge in [-0.05, 0) is 30.0 Å². The second-order valence-electron chi connectivity index (χ2n) is 4.93. The van der Waals surface area contributed by atoms with Crippen molar-refractivity contribution >= 4 is 11.6 Å². The van der Waals surface area contributed by atoms with Crippen molar-refractivity contribution in [2.24, 2.45) is 5.41 Å². The van der Waals surface area contributed by atoms with Crippen LogP contribution >= 0.6 is 0 Å². The van der Waals surface area contributed by atoms with E-state index < -0.39 is 5.82 Å². The van der Waals surface area contributed by atoms with E-state index in [2.05, 4.69) is 26.1 Å². The third-order valence-electron chi connectivity index (χ3n) is 2.94. The molecule has 1 aromatic carbocycles. The SMILES string of the molecule is CCC(C)(C)CNC(=O)c1ccc(F)cc1N. The van der Waals surface area contributed by atoms with Crippen LogP contribution in [0.25, 0.3) is 0 Å². The zero-order valence-electron chi connectivity index (χ0n) is 10.5. The number of rotatable bonds is 4. The number of benzene rings is 1. The molecule has 0 bridgehead atoms. The largest absolute Gasteiger partial charge is 0.398 e. The summed E-state index contributed by atoms with van der Waals surface area (Å²) in [6.45, 7) is 6.78. The van der Waals surface area contributed by atoms with Gasteiger partial charge < -0.3 is 11.1 Å². The molecule has 3 N–H and O–H groups in total. The number of nitrogens with one attached hydrogen (secondary N) is 1. The normalized spacial score (nSPS) is 11.3. The Balaban J connectivity index is 2.71. The molecule has 0 unspecified atom stereocenters. The predicted octanol–water partition coefficient (Wildman–Crippen LogP) is 2.57. The molecule has 0 aliphatic rings. The molecule has 1 aromatic rings. The lowest BCUT2D eigenvalue weighted by Gasteiger charge is -2.23. The summed E-state index contributed by atoms with van der Waals surface area (Å²) in [6.07, 6.45) is 0.964. The Bertz CT molecular complexity index is 416. The maximum Gasteiger partial charge on any atom is 0.253 e. The monoisotopic (exact) mass is 238 g/mol. The number of nitrogen functional groups attached to an aromatic ring is 1. The van der Waals surface area contributed by atoms with Crippen LogP contribution in [0.2, 0.25) is 0 Å². The predicted molar refractivity (Wildman–Crippen MR) is 67.2 cm³/mol. The summed E-state index contributed by atoms with van der Waals surface area (Å²) < 4.78 is 12.8. The third kappa shape index (κ3) is 3.73. The van der Waals surface area contributed by atoms with Gasteiger partial charge in [-0.25, -0.2) is 4.39 Å². The average Bonchev–Trinajstić information content (AvgIpc) is 2.26. The van der Waals surface area contributed by atoms with Crippen LogP contribution in [0.5, 0.6) is 0 Å².